The molecule has 8 unspecified atom stereocenters. The topological polar surface area (TPSA) is 520 Å². The molecule has 4 aromatic carbocycles. The molecule has 44 heteroatoms. The van der Waals surface area contributed by atoms with E-state index in [1.165, 1.54) is 118 Å². The number of fused-ring (bicyclic) bond motifs is 12. The molecule has 15 aliphatic rings. The average Bonchev–Trinajstić information content (AvgIpc) is 1.63. The first-order chi connectivity index (χ1) is 64.6. The highest BCUT2D eigenvalue weighted by Gasteiger charge is 2.43. The van der Waals surface area contributed by atoms with Crippen molar-refractivity contribution >= 4 is 86.5 Å². The number of aromatic nitrogens is 8. The number of nitrogens with zero attached hydrogens (tertiary/aromatic N) is 12. The Morgan fingerprint density at radius 3 is 0.910 bits per heavy atom. The van der Waals surface area contributed by atoms with E-state index in [1.54, 1.807) is 14.0 Å². The van der Waals surface area contributed by atoms with Crippen molar-refractivity contribution in [3.63, 3.8) is 0 Å². The quantitative estimate of drug-likeness (QED) is 0.0391. The van der Waals surface area contributed by atoms with Gasteiger partial charge in [-0.2, -0.15) is 20.4 Å². The number of nitrogens with one attached hydrogen (secondary N) is 14. The van der Waals surface area contributed by atoms with E-state index < -0.39 is 63.8 Å². The SMILES string of the molecule is CN(C)C1CN(C2COc3c(S(=N)(=O)NC(=O)Nc4c5c(cc6c4CCC6)CCC5)cnn3C2)C1.CNC1CN(C2COc3c(S(=N)(=O)NC(=O)Nc4c5c(cc6c4CCC6)CCC5)cnn3C2)C1.N=S(=O)(NC(=O)Nc1c2c(cc3c1CCC3)CCC2)c1cnn2c1OCC(N1CC(N)C1)C2.N=S(=O)(NC(=O)Nc1c2c(cc3c1CCC3)CCC2)c1cnn2c1OCC(NCCO)C2. The van der Waals surface area contributed by atoms with Crippen LogP contribution in [0.1, 0.15) is 140 Å². The Kier molecular flexibility index (Phi) is 25.3. The molecule has 8 aromatic rings. The molecule has 23 rings (SSSR count). The van der Waals surface area contributed by atoms with Crippen molar-refractivity contribution in [2.45, 2.75) is 242 Å². The summed E-state index contributed by atoms with van der Waals surface area (Å²) in [5.41, 5.74) is 29.2. The van der Waals surface area contributed by atoms with Crippen molar-refractivity contribution in [1.82, 2.24) is 88.2 Å². The molecule has 8 amide bonds. The van der Waals surface area contributed by atoms with Gasteiger partial charge in [-0.3, -0.25) is 14.7 Å². The number of likely N-dealkylation sites (tertiary alicyclic amines) is 3. The van der Waals surface area contributed by atoms with Gasteiger partial charge in [-0.15, -0.1) is 0 Å². The number of amides is 8. The van der Waals surface area contributed by atoms with Crippen LogP contribution in [-0.2, 0) is 169 Å². The number of aliphatic hydroxyl groups is 1. The summed E-state index contributed by atoms with van der Waals surface area (Å²) >= 11 is 0. The van der Waals surface area contributed by atoms with E-state index in [0.29, 0.717) is 83.0 Å². The van der Waals surface area contributed by atoms with E-state index in [1.807, 2.05) is 7.05 Å². The number of nitrogens with two attached hydrogens (primary N) is 1. The smallest absolute Gasteiger partial charge is 0.331 e. The number of likely N-dealkylation sites (N-methyl/N-ethyl adjacent to an activating group) is 2. The van der Waals surface area contributed by atoms with Crippen LogP contribution < -0.4 is 75.5 Å². The first kappa shape index (κ1) is 91.2. The van der Waals surface area contributed by atoms with E-state index in [4.69, 9.17) is 48.9 Å². The number of urea groups is 4. The third kappa shape index (κ3) is 18.2. The molecule has 3 fully saturated rings. The summed E-state index contributed by atoms with van der Waals surface area (Å²) in [6, 6.07) is 8.33. The number of aryl methyl sites for hydroxylation is 8. The van der Waals surface area contributed by atoms with Crippen LogP contribution in [0.5, 0.6) is 23.5 Å². The minimum absolute atomic E-state index is 0.0150. The van der Waals surface area contributed by atoms with Crippen LogP contribution >= 0.6 is 0 Å². The molecule has 134 heavy (non-hydrogen) atoms. The van der Waals surface area contributed by atoms with Crippen LogP contribution in [0.4, 0.5) is 41.9 Å². The summed E-state index contributed by atoms with van der Waals surface area (Å²) in [4.78, 5) is 61.2. The van der Waals surface area contributed by atoms with Gasteiger partial charge in [0.2, 0.25) is 23.5 Å². The van der Waals surface area contributed by atoms with Crippen LogP contribution in [0.25, 0.3) is 0 Å². The Balaban J connectivity index is 0.000000111. The molecule has 8 aliphatic carbocycles. The number of ether oxygens (including phenoxy) is 4. The number of anilines is 4. The number of carbonyl (C=O) groups excluding carboxylic acids is 4. The predicted octanol–water partition coefficient (Wildman–Crippen LogP) is 6.43. The maximum Gasteiger partial charge on any atom is 0.331 e. The van der Waals surface area contributed by atoms with E-state index in [9.17, 15) is 36.0 Å². The molecule has 3 saturated heterocycles. The molecule has 0 radical (unpaired) electrons. The standard InChI is InChI=1S/C24H33N7O3S.C23H31N7O3S.C22H29N7O3S.C21H28N6O4S/c1-29(2)17-11-30(12-17)18-13-31-23(34-14-18)21(10-26-31)35(25,33)28-24(32)27-22-19-7-3-5-15(19)9-16-6-4-8-20(16)22;1-25-16-10-29(11-16)17-12-30-22(33-13-17)20(9-26-30)34(24,32)28-23(31)27-21-18-6-2-4-14(18)8-15-5-3-7-19(15)21;23-15-9-28(10-15)16-11-29-21(32-12-16)19(8-25-29)33(24,31)27-22(30)26-20-17-5-1-3-13(17)7-14-4-2-6-18(14)20;22-32(30,18-10-24-27-11-15(23-7-8-28)12-31-20(18)27)26-21(29)25-19-16-5-1-3-13(16)9-14-4-2-6-17(14)19/h9-10,17-18H,3-8,11-14H2,1-2H3,(H3,25,27,28,32,33);8-9,16-17,25H,2-7,10-13H2,1H3,(H3,24,27,28,31,32);7-8,15-16H,1-6,9-12,23H2,(H3,24,26,27,30,31);9-10,15,23,28H,1-8,11-12H2,(H3,22,25,26,29,30). The van der Waals surface area contributed by atoms with Crippen molar-refractivity contribution in [1.29, 1.82) is 19.1 Å². The van der Waals surface area contributed by atoms with Gasteiger partial charge < -0.3 is 66.6 Å². The third-order valence-electron chi connectivity index (χ3n) is 29.2. The summed E-state index contributed by atoms with van der Waals surface area (Å²) < 4.78 is 126. The minimum Gasteiger partial charge on any atom is -0.475 e. The zero-order valence-corrected chi connectivity index (χ0v) is 79.1. The summed E-state index contributed by atoms with van der Waals surface area (Å²) in [6.45, 7) is 9.81. The van der Waals surface area contributed by atoms with Crippen molar-refractivity contribution in [2.24, 2.45) is 5.73 Å². The number of carbonyl (C=O) groups is 4. The molecule has 0 spiro atoms. The molecule has 40 nitrogen and oxygen atoms in total. The molecule has 4 aromatic heterocycles. The monoisotopic (exact) mass is 1920 g/mol. The van der Waals surface area contributed by atoms with Gasteiger partial charge in [-0.1, -0.05) is 24.3 Å². The third-order valence-corrected chi connectivity index (χ3v) is 34.7. The molecule has 0 saturated carbocycles. The molecule has 718 valence electrons. The van der Waals surface area contributed by atoms with Gasteiger partial charge in [-0.25, -0.2) is 92.7 Å². The first-order valence-corrected chi connectivity index (χ1v) is 53.4. The van der Waals surface area contributed by atoms with Gasteiger partial charge in [-0.05, 0) is 264 Å². The maximum absolute atomic E-state index is 13.3. The first-order valence-electron chi connectivity index (χ1n) is 47.1. The van der Waals surface area contributed by atoms with E-state index >= 15 is 0 Å². The van der Waals surface area contributed by atoms with Gasteiger partial charge in [0, 0.05) is 86.7 Å². The minimum atomic E-state index is -3.67. The van der Waals surface area contributed by atoms with E-state index in [-0.39, 0.29) is 68.2 Å². The molecular formula is C90H121N27O13S4. The average molecular weight is 1920 g/mol. The Labute approximate surface area is 779 Å². The lowest BCUT2D eigenvalue weighted by molar-refractivity contribution is -0.0107. The number of hydrogen-bond acceptors (Lipinski definition) is 28. The lowest BCUT2D eigenvalue weighted by Gasteiger charge is -2.47. The number of benzene rings is 4. The second kappa shape index (κ2) is 37.2. The van der Waals surface area contributed by atoms with Crippen molar-refractivity contribution in [2.75, 3.05) is 121 Å². The zero-order valence-electron chi connectivity index (χ0n) is 75.9. The fraction of sp³-hybridized carbons (Fsp3) is 0.556. The number of aliphatic hydroxyl groups excluding tert-OH is 1. The molecule has 8 atom stereocenters. The maximum atomic E-state index is 13.3. The summed E-state index contributed by atoms with van der Waals surface area (Å²) in [6.07, 6.45) is 29.7. The van der Waals surface area contributed by atoms with Crippen LogP contribution in [0.15, 0.2) is 68.6 Å². The summed E-state index contributed by atoms with van der Waals surface area (Å²) in [5, 5.41) is 44.3. The van der Waals surface area contributed by atoms with Gasteiger partial charge in [0.25, 0.3) is 0 Å². The molecule has 7 aliphatic heterocycles. The lowest BCUT2D eigenvalue weighted by atomic mass is 9.99. The fourth-order valence-corrected chi connectivity index (χ4v) is 26.3. The highest BCUT2D eigenvalue weighted by atomic mass is 32.2. The predicted molar refractivity (Wildman–Crippen MR) is 501 cm³/mol. The Bertz CT molecular complexity index is 6320. The summed E-state index contributed by atoms with van der Waals surface area (Å²) in [5.74, 6) is 1.14. The normalized spacial score (nSPS) is 22.7. The Morgan fingerprint density at radius 2 is 0.649 bits per heavy atom. The van der Waals surface area contributed by atoms with Gasteiger partial charge >= 0.3 is 24.1 Å². The van der Waals surface area contributed by atoms with Gasteiger partial charge in [0.1, 0.15) is 46.0 Å². The second-order valence-corrected chi connectivity index (χ2v) is 45.2. The largest absolute Gasteiger partial charge is 0.475 e. The molecular weight excluding hydrogens is 1800 g/mol. The van der Waals surface area contributed by atoms with Crippen LogP contribution in [0.3, 0.4) is 0 Å². The van der Waals surface area contributed by atoms with Crippen LogP contribution in [0.2, 0.25) is 0 Å². The van der Waals surface area contributed by atoms with Crippen LogP contribution in [0, 0.1) is 19.1 Å². The molecule has 0 bridgehead atoms. The fourth-order valence-electron chi connectivity index (χ4n) is 22.2. The number of rotatable bonds is 20. The van der Waals surface area contributed by atoms with Gasteiger partial charge in [0.05, 0.1) is 81.7 Å². The Hall–Kier alpha value is -10.5. The van der Waals surface area contributed by atoms with Crippen molar-refractivity contribution in [3.05, 3.63) is 138 Å². The van der Waals surface area contributed by atoms with E-state index in [2.05, 4.69) is 129 Å². The lowest BCUT2D eigenvalue weighted by Crippen LogP contribution is -2.63. The second-order valence-electron chi connectivity index (χ2n) is 38.2. The van der Waals surface area contributed by atoms with Crippen molar-refractivity contribution < 1.29 is 60.1 Å². The highest BCUT2D eigenvalue weighted by molar-refractivity contribution is 7.92. The molecule has 11 heterocycles. The zero-order chi connectivity index (χ0) is 92.8. The van der Waals surface area contributed by atoms with Crippen LogP contribution in [-0.4, -0.2) is 247 Å². The highest BCUT2D eigenvalue weighted by Crippen LogP contribution is 2.45. The van der Waals surface area contributed by atoms with Gasteiger partial charge in [0.15, 0.2) is 39.7 Å². The Morgan fingerprint density at radius 1 is 0.388 bits per heavy atom. The van der Waals surface area contributed by atoms with Crippen molar-refractivity contribution in [3.8, 4) is 23.5 Å². The number of hydrogen-bond donors (Lipinski definition) is 16. The van der Waals surface area contributed by atoms with E-state index in [0.717, 1.165) is 216 Å². The molecule has 17 N–H and O–H groups in total. The summed E-state index contributed by atoms with van der Waals surface area (Å²) in [7, 11) is -8.47.